The fourth-order valence-electron chi connectivity index (χ4n) is 4.22. The molecule has 1 aromatic heterocycles. The number of benzene rings is 2. The molecular formula is C23H28N2O2. The van der Waals surface area contributed by atoms with E-state index in [1.807, 2.05) is 36.4 Å². The number of ether oxygens (including phenoxy) is 1. The molecule has 1 aliphatic carbocycles. The monoisotopic (exact) mass is 364 g/mol. The highest BCUT2D eigenvalue weighted by atomic mass is 16.6. The Kier molecular flexibility index (Phi) is 5.73. The van der Waals surface area contributed by atoms with Gasteiger partial charge < -0.3 is 14.9 Å². The zero-order valence-electron chi connectivity index (χ0n) is 15.8. The first kappa shape index (κ1) is 18.1. The van der Waals surface area contributed by atoms with Gasteiger partial charge in [0.2, 0.25) is 0 Å². The first-order chi connectivity index (χ1) is 13.3. The Balaban J connectivity index is 1.34. The Labute approximate surface area is 160 Å². The van der Waals surface area contributed by atoms with E-state index in [2.05, 4.69) is 17.1 Å². The van der Waals surface area contributed by atoms with Crippen LogP contribution in [0.15, 0.2) is 52.9 Å². The Bertz CT molecular complexity index is 817. The number of hydrogen-bond donors (Lipinski definition) is 1. The second-order valence-corrected chi connectivity index (χ2v) is 7.63. The lowest BCUT2D eigenvalue weighted by Gasteiger charge is -2.29. The second kappa shape index (κ2) is 8.57. The molecule has 0 aliphatic heterocycles. The summed E-state index contributed by atoms with van der Waals surface area (Å²) in [5, 5.41) is 0. The second-order valence-electron chi connectivity index (χ2n) is 7.63. The lowest BCUT2D eigenvalue weighted by molar-refractivity contribution is 0.241. The third-order valence-corrected chi connectivity index (χ3v) is 5.83. The smallest absolute Gasteiger partial charge is 0.400 e. The van der Waals surface area contributed by atoms with E-state index in [-0.39, 0.29) is 6.08 Å². The summed E-state index contributed by atoms with van der Waals surface area (Å²) >= 11 is 0. The van der Waals surface area contributed by atoms with E-state index in [4.69, 9.17) is 14.9 Å². The zero-order chi connectivity index (χ0) is 18.5. The van der Waals surface area contributed by atoms with Crippen molar-refractivity contribution in [3.05, 3.63) is 54.1 Å². The number of nitrogens with two attached hydrogens (primary N) is 1. The van der Waals surface area contributed by atoms with Gasteiger partial charge in [-0.25, -0.2) is 0 Å². The van der Waals surface area contributed by atoms with Gasteiger partial charge in [0.15, 0.2) is 5.58 Å². The fraction of sp³-hybridized carbons (Fsp3) is 0.435. The van der Waals surface area contributed by atoms with Crippen LogP contribution in [0.4, 0.5) is 0 Å². The molecule has 4 rings (SSSR count). The van der Waals surface area contributed by atoms with Crippen LogP contribution in [0.3, 0.4) is 0 Å². The minimum Gasteiger partial charge on any atom is -0.411 e. The molecule has 2 N–H and O–H groups in total. The van der Waals surface area contributed by atoms with Crippen molar-refractivity contribution in [3.63, 3.8) is 0 Å². The minimum atomic E-state index is 0.282. The van der Waals surface area contributed by atoms with Crippen LogP contribution >= 0.6 is 0 Å². The molecule has 3 aromatic rings. The highest BCUT2D eigenvalue weighted by Crippen LogP contribution is 2.32. The molecule has 4 heteroatoms. The average Bonchev–Trinajstić information content (AvgIpc) is 3.13. The van der Waals surface area contributed by atoms with Crippen LogP contribution in [-0.4, -0.2) is 11.5 Å². The van der Waals surface area contributed by atoms with Gasteiger partial charge in [-0.2, -0.15) is 4.98 Å². The van der Waals surface area contributed by atoms with Gasteiger partial charge in [0.1, 0.15) is 11.3 Å². The lowest BCUT2D eigenvalue weighted by atomic mass is 9.77. The number of rotatable bonds is 7. The minimum absolute atomic E-state index is 0.282. The summed E-state index contributed by atoms with van der Waals surface area (Å²) < 4.78 is 11.4. The fourth-order valence-corrected chi connectivity index (χ4v) is 4.22. The summed E-state index contributed by atoms with van der Waals surface area (Å²) in [7, 11) is 0. The van der Waals surface area contributed by atoms with Crippen molar-refractivity contribution >= 4 is 11.1 Å². The van der Waals surface area contributed by atoms with Crippen molar-refractivity contribution in [2.45, 2.75) is 44.9 Å². The van der Waals surface area contributed by atoms with E-state index in [0.29, 0.717) is 5.92 Å². The van der Waals surface area contributed by atoms with Gasteiger partial charge >= 0.3 is 6.08 Å². The molecule has 1 unspecified atom stereocenters. The van der Waals surface area contributed by atoms with E-state index in [9.17, 15) is 0 Å². The van der Waals surface area contributed by atoms with Crippen LogP contribution in [0.5, 0.6) is 11.8 Å². The Morgan fingerprint density at radius 2 is 1.81 bits per heavy atom. The van der Waals surface area contributed by atoms with Gasteiger partial charge in [-0.3, -0.25) is 0 Å². The third kappa shape index (κ3) is 4.51. The molecule has 1 atom stereocenters. The van der Waals surface area contributed by atoms with Crippen LogP contribution in [0.25, 0.3) is 11.1 Å². The third-order valence-electron chi connectivity index (χ3n) is 5.83. The van der Waals surface area contributed by atoms with Crippen LogP contribution < -0.4 is 10.5 Å². The van der Waals surface area contributed by atoms with Gasteiger partial charge in [0.05, 0.1) is 0 Å². The van der Waals surface area contributed by atoms with Crippen LogP contribution in [0.2, 0.25) is 0 Å². The molecule has 0 bridgehead atoms. The highest BCUT2D eigenvalue weighted by molar-refractivity contribution is 5.72. The number of oxazole rings is 1. The normalized spacial score (nSPS) is 16.5. The topological polar surface area (TPSA) is 61.3 Å². The molecule has 27 heavy (non-hydrogen) atoms. The van der Waals surface area contributed by atoms with Crippen molar-refractivity contribution < 1.29 is 9.15 Å². The van der Waals surface area contributed by atoms with Crippen molar-refractivity contribution in [1.82, 2.24) is 4.98 Å². The number of hydrogen-bond acceptors (Lipinski definition) is 4. The SMILES string of the molecule is NCC(CCc1ccc(Oc2nc3ccccc3o2)cc1)C1CCCCC1. The first-order valence-electron chi connectivity index (χ1n) is 10.1. The number of para-hydroxylation sites is 2. The maximum Gasteiger partial charge on any atom is 0.400 e. The number of aryl methyl sites for hydroxylation is 1. The predicted molar refractivity (Wildman–Crippen MR) is 108 cm³/mol. The Morgan fingerprint density at radius 1 is 1.04 bits per heavy atom. The molecule has 0 saturated heterocycles. The Hall–Kier alpha value is -2.33. The van der Waals surface area contributed by atoms with Gasteiger partial charge in [0, 0.05) is 0 Å². The summed E-state index contributed by atoms with van der Waals surface area (Å²) in [6, 6.07) is 15.9. The predicted octanol–water partition coefficient (Wildman–Crippen LogP) is 5.71. The molecule has 4 nitrogen and oxygen atoms in total. The van der Waals surface area contributed by atoms with Crippen LogP contribution in [0.1, 0.15) is 44.1 Å². The number of aromatic nitrogens is 1. The molecule has 0 amide bonds. The summed E-state index contributed by atoms with van der Waals surface area (Å²) in [5.41, 5.74) is 8.94. The van der Waals surface area contributed by atoms with Crippen molar-refractivity contribution in [2.75, 3.05) is 6.54 Å². The molecule has 1 aliphatic rings. The number of fused-ring (bicyclic) bond motifs is 1. The highest BCUT2D eigenvalue weighted by Gasteiger charge is 2.22. The quantitative estimate of drug-likeness (QED) is 0.583. The van der Waals surface area contributed by atoms with Gasteiger partial charge in [-0.1, -0.05) is 56.4 Å². The lowest BCUT2D eigenvalue weighted by Crippen LogP contribution is -2.25. The molecular weight excluding hydrogens is 336 g/mol. The van der Waals surface area contributed by atoms with E-state index in [1.165, 1.54) is 44.1 Å². The van der Waals surface area contributed by atoms with Crippen molar-refractivity contribution in [1.29, 1.82) is 0 Å². The standard InChI is InChI=1S/C23H28N2O2/c24-16-19(18-6-2-1-3-7-18)13-10-17-11-14-20(15-12-17)26-23-25-21-8-4-5-9-22(21)27-23/h4-5,8-9,11-12,14-15,18-19H,1-3,6-7,10,13,16,24H2. The van der Waals surface area contributed by atoms with Gasteiger partial charge in [0.25, 0.3) is 0 Å². The van der Waals surface area contributed by atoms with Crippen LogP contribution in [-0.2, 0) is 6.42 Å². The molecule has 142 valence electrons. The van der Waals surface area contributed by atoms with E-state index >= 15 is 0 Å². The molecule has 0 spiro atoms. The Morgan fingerprint density at radius 3 is 2.56 bits per heavy atom. The molecule has 1 saturated carbocycles. The first-order valence-corrected chi connectivity index (χ1v) is 10.1. The summed E-state index contributed by atoms with van der Waals surface area (Å²) in [5.74, 6) is 2.22. The zero-order valence-corrected chi connectivity index (χ0v) is 15.8. The summed E-state index contributed by atoms with van der Waals surface area (Å²) in [6.07, 6.45) is 9.40. The molecule has 1 fully saturated rings. The molecule has 1 heterocycles. The van der Waals surface area contributed by atoms with Gasteiger partial charge in [-0.15, -0.1) is 0 Å². The average molecular weight is 364 g/mol. The maximum absolute atomic E-state index is 6.07. The van der Waals surface area contributed by atoms with E-state index in [0.717, 1.165) is 35.7 Å². The van der Waals surface area contributed by atoms with E-state index in [1.54, 1.807) is 0 Å². The van der Waals surface area contributed by atoms with Gasteiger partial charge in [-0.05, 0) is 61.1 Å². The van der Waals surface area contributed by atoms with Crippen molar-refractivity contribution in [2.24, 2.45) is 17.6 Å². The van der Waals surface area contributed by atoms with Crippen molar-refractivity contribution in [3.8, 4) is 11.8 Å². The summed E-state index contributed by atoms with van der Waals surface area (Å²) in [4.78, 5) is 4.35. The van der Waals surface area contributed by atoms with Crippen LogP contribution in [0, 0.1) is 11.8 Å². The summed E-state index contributed by atoms with van der Waals surface area (Å²) in [6.45, 7) is 0.809. The molecule has 0 radical (unpaired) electrons. The maximum atomic E-state index is 6.07. The largest absolute Gasteiger partial charge is 0.411 e. The number of nitrogens with zero attached hydrogens (tertiary/aromatic N) is 1. The van der Waals surface area contributed by atoms with E-state index < -0.39 is 0 Å². The molecule has 2 aromatic carbocycles.